The predicted molar refractivity (Wildman–Crippen MR) is 81.7 cm³/mol. The minimum absolute atomic E-state index is 0.371. The molecule has 2 heterocycles. The Bertz CT molecular complexity index is 854. The van der Waals surface area contributed by atoms with Crippen LogP contribution in [-0.2, 0) is 6.54 Å². The largest absolute Gasteiger partial charge is 0.478 e. The van der Waals surface area contributed by atoms with E-state index >= 15 is 0 Å². The molecule has 0 radical (unpaired) electrons. The number of hydrogen-bond acceptors (Lipinski definition) is 4. The van der Waals surface area contributed by atoms with Crippen LogP contribution in [0.25, 0.3) is 11.5 Å². The van der Waals surface area contributed by atoms with E-state index in [1.54, 1.807) is 6.20 Å². The SMILES string of the molecule is Cc1ccc(-c2[nH]ncc2CNc2ccc(F)c(C(=O)O)c2)o1. The Hall–Kier alpha value is -3.09. The van der Waals surface area contributed by atoms with Gasteiger partial charge in [-0.05, 0) is 37.3 Å². The number of anilines is 1. The third kappa shape index (κ3) is 3.08. The average Bonchev–Trinajstić information content (AvgIpc) is 3.14. The lowest BCUT2D eigenvalue weighted by Crippen LogP contribution is -2.04. The number of nitrogens with zero attached hydrogens (tertiary/aromatic N) is 1. The summed E-state index contributed by atoms with van der Waals surface area (Å²) >= 11 is 0. The quantitative estimate of drug-likeness (QED) is 0.671. The molecule has 0 bridgehead atoms. The Morgan fingerprint density at radius 3 is 2.91 bits per heavy atom. The summed E-state index contributed by atoms with van der Waals surface area (Å²) in [5, 5.41) is 18.9. The zero-order valence-corrected chi connectivity index (χ0v) is 12.3. The van der Waals surface area contributed by atoms with Gasteiger partial charge in [0.2, 0.25) is 0 Å². The van der Waals surface area contributed by atoms with Crippen LogP contribution in [0.4, 0.5) is 10.1 Å². The van der Waals surface area contributed by atoms with Gasteiger partial charge in [0.1, 0.15) is 17.3 Å². The smallest absolute Gasteiger partial charge is 0.338 e. The Balaban J connectivity index is 1.78. The molecule has 0 amide bonds. The molecule has 0 aliphatic heterocycles. The van der Waals surface area contributed by atoms with Crippen molar-refractivity contribution < 1.29 is 18.7 Å². The van der Waals surface area contributed by atoms with Gasteiger partial charge in [-0.15, -0.1) is 0 Å². The zero-order chi connectivity index (χ0) is 16.4. The molecule has 3 rings (SSSR count). The number of hydrogen-bond donors (Lipinski definition) is 3. The third-order valence-corrected chi connectivity index (χ3v) is 3.38. The topological polar surface area (TPSA) is 91.2 Å². The number of furan rings is 1. The molecule has 0 saturated heterocycles. The minimum Gasteiger partial charge on any atom is -0.478 e. The van der Waals surface area contributed by atoms with Crippen molar-refractivity contribution in [3.63, 3.8) is 0 Å². The van der Waals surface area contributed by atoms with E-state index < -0.39 is 11.8 Å². The van der Waals surface area contributed by atoms with Gasteiger partial charge in [-0.1, -0.05) is 0 Å². The van der Waals surface area contributed by atoms with E-state index in [-0.39, 0.29) is 5.56 Å². The average molecular weight is 315 g/mol. The first-order chi connectivity index (χ1) is 11.0. The molecule has 118 valence electrons. The molecule has 0 atom stereocenters. The first-order valence-corrected chi connectivity index (χ1v) is 6.90. The molecule has 6 nitrogen and oxygen atoms in total. The number of rotatable bonds is 5. The summed E-state index contributed by atoms with van der Waals surface area (Å²) in [6, 6.07) is 7.56. The molecule has 0 spiro atoms. The number of carbonyl (C=O) groups is 1. The van der Waals surface area contributed by atoms with Gasteiger partial charge in [0.15, 0.2) is 5.76 Å². The summed E-state index contributed by atoms with van der Waals surface area (Å²) in [6.07, 6.45) is 1.65. The first kappa shape index (κ1) is 14.8. The maximum atomic E-state index is 13.4. The Morgan fingerprint density at radius 1 is 1.39 bits per heavy atom. The Kier molecular flexibility index (Phi) is 3.84. The fraction of sp³-hybridized carbons (Fsp3) is 0.125. The van der Waals surface area contributed by atoms with E-state index in [1.165, 1.54) is 12.1 Å². The Labute approximate surface area is 131 Å². The fourth-order valence-electron chi connectivity index (χ4n) is 2.22. The van der Waals surface area contributed by atoms with Gasteiger partial charge in [0.05, 0.1) is 11.8 Å². The van der Waals surface area contributed by atoms with Crippen molar-refractivity contribution in [2.75, 3.05) is 5.32 Å². The lowest BCUT2D eigenvalue weighted by Gasteiger charge is -2.07. The molecule has 3 aromatic rings. The number of aromatic carboxylic acids is 1. The monoisotopic (exact) mass is 315 g/mol. The molecular weight excluding hydrogens is 301 g/mol. The molecule has 23 heavy (non-hydrogen) atoms. The Morgan fingerprint density at radius 2 is 2.22 bits per heavy atom. The van der Waals surface area contributed by atoms with Gasteiger partial charge in [-0.3, -0.25) is 5.10 Å². The summed E-state index contributed by atoms with van der Waals surface area (Å²) in [5.74, 6) is -0.611. The highest BCUT2D eigenvalue weighted by Gasteiger charge is 2.13. The van der Waals surface area contributed by atoms with Crippen LogP contribution in [0.1, 0.15) is 21.7 Å². The maximum absolute atomic E-state index is 13.4. The van der Waals surface area contributed by atoms with Crippen LogP contribution in [0.15, 0.2) is 40.9 Å². The van der Waals surface area contributed by atoms with E-state index in [0.717, 1.165) is 23.1 Å². The van der Waals surface area contributed by atoms with Crippen LogP contribution >= 0.6 is 0 Å². The number of benzene rings is 1. The second-order valence-corrected chi connectivity index (χ2v) is 5.03. The standard InChI is InChI=1S/C16H14FN3O3/c1-9-2-5-14(23-9)15-10(8-19-20-15)7-18-11-3-4-13(17)12(6-11)16(21)22/h2-6,8,18H,7H2,1H3,(H,19,20)(H,21,22). The maximum Gasteiger partial charge on any atom is 0.338 e. The normalized spacial score (nSPS) is 10.7. The number of carboxylic acids is 1. The molecule has 0 aliphatic carbocycles. The second kappa shape index (κ2) is 5.96. The van der Waals surface area contributed by atoms with E-state index in [4.69, 9.17) is 9.52 Å². The van der Waals surface area contributed by atoms with Crippen molar-refractivity contribution in [2.24, 2.45) is 0 Å². The summed E-state index contributed by atoms with van der Waals surface area (Å²) < 4.78 is 18.9. The molecule has 0 saturated carbocycles. The highest BCUT2D eigenvalue weighted by atomic mass is 19.1. The summed E-state index contributed by atoms with van der Waals surface area (Å²) in [7, 11) is 0. The molecule has 0 aliphatic rings. The minimum atomic E-state index is -1.30. The van der Waals surface area contributed by atoms with Crippen molar-refractivity contribution in [3.05, 3.63) is 59.2 Å². The van der Waals surface area contributed by atoms with E-state index in [0.29, 0.717) is 18.0 Å². The number of halogens is 1. The molecule has 1 aromatic carbocycles. The van der Waals surface area contributed by atoms with Crippen LogP contribution < -0.4 is 5.32 Å². The van der Waals surface area contributed by atoms with Gasteiger partial charge in [0.25, 0.3) is 0 Å². The van der Waals surface area contributed by atoms with Crippen molar-refractivity contribution in [1.29, 1.82) is 0 Å². The number of aromatic amines is 1. The van der Waals surface area contributed by atoms with Crippen LogP contribution in [0.3, 0.4) is 0 Å². The van der Waals surface area contributed by atoms with E-state index in [1.807, 2.05) is 19.1 Å². The highest BCUT2D eigenvalue weighted by Crippen LogP contribution is 2.24. The summed E-state index contributed by atoms with van der Waals surface area (Å²) in [6.45, 7) is 2.24. The van der Waals surface area contributed by atoms with Crippen LogP contribution in [-0.4, -0.2) is 21.3 Å². The number of carboxylic acid groups (broad SMARTS) is 1. The first-order valence-electron chi connectivity index (χ1n) is 6.90. The molecule has 2 aromatic heterocycles. The van der Waals surface area contributed by atoms with E-state index in [9.17, 15) is 9.18 Å². The van der Waals surface area contributed by atoms with Crippen molar-refractivity contribution in [2.45, 2.75) is 13.5 Å². The highest BCUT2D eigenvalue weighted by molar-refractivity contribution is 5.89. The third-order valence-electron chi connectivity index (χ3n) is 3.38. The van der Waals surface area contributed by atoms with Gasteiger partial charge >= 0.3 is 5.97 Å². The number of aromatic nitrogens is 2. The number of nitrogens with one attached hydrogen (secondary N) is 2. The zero-order valence-electron chi connectivity index (χ0n) is 12.3. The lowest BCUT2D eigenvalue weighted by molar-refractivity contribution is 0.0692. The van der Waals surface area contributed by atoms with Crippen LogP contribution in [0, 0.1) is 12.7 Å². The van der Waals surface area contributed by atoms with Gasteiger partial charge in [0, 0.05) is 17.8 Å². The van der Waals surface area contributed by atoms with Crippen molar-refractivity contribution in [3.8, 4) is 11.5 Å². The summed E-state index contributed by atoms with van der Waals surface area (Å²) in [4.78, 5) is 11.0. The molecule has 3 N–H and O–H groups in total. The molecule has 7 heteroatoms. The summed E-state index contributed by atoms with van der Waals surface area (Å²) in [5.41, 5.74) is 1.72. The predicted octanol–water partition coefficient (Wildman–Crippen LogP) is 3.43. The number of aryl methyl sites for hydroxylation is 1. The van der Waals surface area contributed by atoms with Crippen LogP contribution in [0.5, 0.6) is 0 Å². The molecule has 0 fully saturated rings. The fourth-order valence-corrected chi connectivity index (χ4v) is 2.22. The van der Waals surface area contributed by atoms with Gasteiger partial charge < -0.3 is 14.8 Å². The van der Waals surface area contributed by atoms with Crippen molar-refractivity contribution in [1.82, 2.24) is 10.2 Å². The second-order valence-electron chi connectivity index (χ2n) is 5.03. The van der Waals surface area contributed by atoms with Crippen LogP contribution in [0.2, 0.25) is 0 Å². The van der Waals surface area contributed by atoms with Gasteiger partial charge in [-0.25, -0.2) is 9.18 Å². The molecule has 0 unspecified atom stereocenters. The van der Waals surface area contributed by atoms with Gasteiger partial charge in [-0.2, -0.15) is 5.10 Å². The lowest BCUT2D eigenvalue weighted by atomic mass is 10.1. The number of H-pyrrole nitrogens is 1. The van der Waals surface area contributed by atoms with E-state index in [2.05, 4.69) is 15.5 Å². The molecular formula is C16H14FN3O3. The van der Waals surface area contributed by atoms with Crippen molar-refractivity contribution >= 4 is 11.7 Å².